The average molecular weight is 753 g/mol. The summed E-state index contributed by atoms with van der Waals surface area (Å²) in [5.74, 6) is -0.666. The summed E-state index contributed by atoms with van der Waals surface area (Å²) in [5, 5.41) is 16.8. The van der Waals surface area contributed by atoms with Crippen LogP contribution in [0.4, 0.5) is 22.7 Å². The van der Waals surface area contributed by atoms with Gasteiger partial charge in [-0.2, -0.15) is 10.2 Å². The summed E-state index contributed by atoms with van der Waals surface area (Å²) in [7, 11) is 0. The lowest BCUT2D eigenvalue weighted by molar-refractivity contribution is -0.116. The number of anilines is 2. The summed E-state index contributed by atoms with van der Waals surface area (Å²) >= 11 is 6.00. The number of hydrogen-bond acceptors (Lipinski definition) is 8. The van der Waals surface area contributed by atoms with Gasteiger partial charge in [-0.3, -0.25) is 9.59 Å². The van der Waals surface area contributed by atoms with E-state index in [1.165, 1.54) is 64.0 Å². The SMILES string of the molecule is Clc1ncnc2c1cnn2C1CCCCC1.[C-]#[N+]c1ccc2c(c1)C(c1ncnc3c1cnn3C1CCCCC1)C(=O)N2.[C-]#[N+]c1ccc2c(c1)CC(=O)N2. The summed E-state index contributed by atoms with van der Waals surface area (Å²) in [5.41, 5.74) is 6.70. The Balaban J connectivity index is 0.000000129. The van der Waals surface area contributed by atoms with Gasteiger partial charge in [0.05, 0.1) is 60.5 Å². The number of rotatable bonds is 3. The molecule has 276 valence electrons. The van der Waals surface area contributed by atoms with E-state index in [0.29, 0.717) is 40.7 Å². The van der Waals surface area contributed by atoms with E-state index in [1.54, 1.807) is 48.8 Å². The third kappa shape index (κ3) is 7.21. The quantitative estimate of drug-likeness (QED) is 0.134. The van der Waals surface area contributed by atoms with Crippen molar-refractivity contribution in [2.75, 3.05) is 10.6 Å². The van der Waals surface area contributed by atoms with E-state index in [-0.39, 0.29) is 11.8 Å². The first-order valence-electron chi connectivity index (χ1n) is 18.6. The van der Waals surface area contributed by atoms with Crippen LogP contribution in [0.15, 0.2) is 61.4 Å². The van der Waals surface area contributed by atoms with Gasteiger partial charge in [0.15, 0.2) is 22.7 Å². The molecule has 2 fully saturated rings. The fourth-order valence-corrected chi connectivity index (χ4v) is 8.18. The van der Waals surface area contributed by atoms with Gasteiger partial charge in [-0.25, -0.2) is 39.0 Å². The molecule has 55 heavy (non-hydrogen) atoms. The van der Waals surface area contributed by atoms with Crippen molar-refractivity contribution in [3.05, 3.63) is 106 Å². The predicted octanol–water partition coefficient (Wildman–Crippen LogP) is 8.68. The zero-order valence-corrected chi connectivity index (χ0v) is 30.7. The minimum absolute atomic E-state index is 0.00660. The maximum absolute atomic E-state index is 12.7. The van der Waals surface area contributed by atoms with E-state index in [0.717, 1.165) is 57.4 Å². The molecular formula is C40H37ClN12O2. The molecule has 10 rings (SSSR count). The van der Waals surface area contributed by atoms with Gasteiger partial charge in [-0.05, 0) is 48.9 Å². The van der Waals surface area contributed by atoms with Crippen molar-refractivity contribution >= 4 is 68.2 Å². The molecule has 6 heterocycles. The average Bonchev–Trinajstić information content (AvgIpc) is 4.02. The van der Waals surface area contributed by atoms with Crippen LogP contribution >= 0.6 is 11.6 Å². The summed E-state index contributed by atoms with van der Waals surface area (Å²) in [4.78, 5) is 47.6. The Hall–Kier alpha value is -6.25. The van der Waals surface area contributed by atoms with Gasteiger partial charge in [-0.15, -0.1) is 0 Å². The zero-order chi connectivity index (χ0) is 37.9. The van der Waals surface area contributed by atoms with Gasteiger partial charge in [0, 0.05) is 11.4 Å². The summed E-state index contributed by atoms with van der Waals surface area (Å²) in [6.07, 6.45) is 19.2. The Morgan fingerprint density at radius 2 is 1.27 bits per heavy atom. The summed E-state index contributed by atoms with van der Waals surface area (Å²) < 4.78 is 4.02. The van der Waals surface area contributed by atoms with Crippen LogP contribution in [0.2, 0.25) is 5.15 Å². The van der Waals surface area contributed by atoms with Crippen molar-refractivity contribution in [1.82, 2.24) is 39.5 Å². The molecule has 15 heteroatoms. The second-order valence-electron chi connectivity index (χ2n) is 14.1. The van der Waals surface area contributed by atoms with Gasteiger partial charge < -0.3 is 10.6 Å². The molecular weight excluding hydrogens is 716 g/mol. The first kappa shape index (κ1) is 35.8. The first-order chi connectivity index (χ1) is 26.9. The molecule has 0 spiro atoms. The molecule has 2 N–H and O–H groups in total. The molecule has 0 saturated heterocycles. The maximum atomic E-state index is 12.7. The molecule has 2 amide bonds. The molecule has 0 radical (unpaired) electrons. The molecule has 1 unspecified atom stereocenters. The molecule has 4 aliphatic rings. The lowest BCUT2D eigenvalue weighted by atomic mass is 9.94. The van der Waals surface area contributed by atoms with Crippen LogP contribution in [-0.2, 0) is 16.0 Å². The van der Waals surface area contributed by atoms with Crippen LogP contribution in [0.3, 0.4) is 0 Å². The number of nitrogens with zero attached hydrogens (tertiary/aromatic N) is 10. The highest BCUT2D eigenvalue weighted by Crippen LogP contribution is 2.41. The van der Waals surface area contributed by atoms with Crippen molar-refractivity contribution in [2.45, 2.75) is 88.6 Å². The number of aromatic nitrogens is 8. The number of halogens is 1. The monoisotopic (exact) mass is 752 g/mol. The number of nitrogens with one attached hydrogen (secondary N) is 2. The van der Waals surface area contributed by atoms with Crippen LogP contribution in [0, 0.1) is 13.1 Å². The van der Waals surface area contributed by atoms with Crippen molar-refractivity contribution in [2.24, 2.45) is 0 Å². The highest BCUT2D eigenvalue weighted by molar-refractivity contribution is 6.33. The maximum Gasteiger partial charge on any atom is 0.238 e. The van der Waals surface area contributed by atoms with Gasteiger partial charge in [0.2, 0.25) is 11.8 Å². The Labute approximate surface area is 322 Å². The smallest absolute Gasteiger partial charge is 0.238 e. The predicted molar refractivity (Wildman–Crippen MR) is 208 cm³/mol. The number of carbonyl (C=O) groups excluding carboxylic acids is 2. The number of benzene rings is 2. The number of amides is 2. The van der Waals surface area contributed by atoms with E-state index >= 15 is 0 Å². The molecule has 6 aromatic rings. The zero-order valence-electron chi connectivity index (χ0n) is 30.0. The highest BCUT2D eigenvalue weighted by atomic mass is 35.5. The van der Waals surface area contributed by atoms with Gasteiger partial charge >= 0.3 is 0 Å². The Bertz CT molecular complexity index is 2500. The molecule has 1 atom stereocenters. The summed E-state index contributed by atoms with van der Waals surface area (Å²) in [6, 6.07) is 11.3. The van der Waals surface area contributed by atoms with E-state index in [1.807, 2.05) is 9.36 Å². The highest BCUT2D eigenvalue weighted by Gasteiger charge is 2.35. The second kappa shape index (κ2) is 15.6. The minimum atomic E-state index is -0.545. The fourth-order valence-electron chi connectivity index (χ4n) is 8.01. The second-order valence-corrected chi connectivity index (χ2v) is 14.5. The van der Waals surface area contributed by atoms with Gasteiger partial charge in [-0.1, -0.05) is 74.4 Å². The lowest BCUT2D eigenvalue weighted by Crippen LogP contribution is -2.16. The molecule has 2 aromatic carbocycles. The van der Waals surface area contributed by atoms with E-state index in [4.69, 9.17) is 24.7 Å². The van der Waals surface area contributed by atoms with E-state index < -0.39 is 5.92 Å². The molecule has 0 bridgehead atoms. The van der Waals surface area contributed by atoms with Crippen LogP contribution in [0.5, 0.6) is 0 Å². The van der Waals surface area contributed by atoms with Crippen molar-refractivity contribution in [3.63, 3.8) is 0 Å². The molecule has 2 saturated carbocycles. The van der Waals surface area contributed by atoms with E-state index in [9.17, 15) is 9.59 Å². The first-order valence-corrected chi connectivity index (χ1v) is 18.9. The minimum Gasteiger partial charge on any atom is -0.326 e. The van der Waals surface area contributed by atoms with Crippen LogP contribution in [0.1, 0.15) is 99.0 Å². The number of hydrogen-bond donors (Lipinski definition) is 2. The Morgan fingerprint density at radius 1 is 0.691 bits per heavy atom. The van der Waals surface area contributed by atoms with Gasteiger partial charge in [0.25, 0.3) is 0 Å². The van der Waals surface area contributed by atoms with Crippen molar-refractivity contribution in [3.8, 4) is 0 Å². The Kier molecular flexibility index (Phi) is 10.2. The third-order valence-corrected chi connectivity index (χ3v) is 11.0. The molecule has 2 aliphatic carbocycles. The molecule has 4 aromatic heterocycles. The van der Waals surface area contributed by atoms with Crippen LogP contribution in [0.25, 0.3) is 31.8 Å². The van der Waals surface area contributed by atoms with Gasteiger partial charge in [0.1, 0.15) is 23.7 Å². The third-order valence-electron chi connectivity index (χ3n) is 10.7. The Morgan fingerprint density at radius 3 is 1.93 bits per heavy atom. The topological polar surface area (TPSA) is 154 Å². The fraction of sp³-hybridized carbons (Fsp3) is 0.350. The number of carbonyl (C=O) groups is 2. The standard InChI is InChI=1S/C20H18N6O.C11H13ClN4.C9H6N2O/c1-21-12-7-8-16-14(9-12)17(20(27)25-16)18-15-10-24-26(19(15)23-11-22-18)13-5-3-2-4-6-13;12-10-9-6-15-16(11(9)14-7-13-10)8-4-2-1-3-5-8;1-10-7-2-3-8-6(4-7)5-9(12)11-8/h7-11,13,17H,2-6H2,(H,25,27);6-8H,1-5H2;2-4H,5H2,(H,11,12). The van der Waals surface area contributed by atoms with Crippen molar-refractivity contribution in [1.29, 1.82) is 0 Å². The normalized spacial score (nSPS) is 17.8. The largest absolute Gasteiger partial charge is 0.326 e. The summed E-state index contributed by atoms with van der Waals surface area (Å²) in [6.45, 7) is 14.0. The lowest BCUT2D eigenvalue weighted by Gasteiger charge is -2.22. The molecule has 14 nitrogen and oxygen atoms in total. The van der Waals surface area contributed by atoms with Crippen LogP contribution < -0.4 is 10.6 Å². The van der Waals surface area contributed by atoms with Crippen molar-refractivity contribution < 1.29 is 9.59 Å². The molecule has 2 aliphatic heterocycles. The number of fused-ring (bicyclic) bond motifs is 4. The van der Waals surface area contributed by atoms with Crippen LogP contribution in [-0.4, -0.2) is 51.3 Å². The van der Waals surface area contributed by atoms with E-state index in [2.05, 4.69) is 50.5 Å².